The molecule has 0 nitrogen and oxygen atoms in total. The highest BCUT2D eigenvalue weighted by Gasteiger charge is 1.91. The summed E-state index contributed by atoms with van der Waals surface area (Å²) in [5.41, 5.74) is 1.80. The Bertz CT molecular complexity index is 845. The van der Waals surface area contributed by atoms with E-state index in [9.17, 15) is 0 Å². The third-order valence-electron chi connectivity index (χ3n) is 2.45. The van der Waals surface area contributed by atoms with Gasteiger partial charge in [-0.05, 0) is 91.6 Å². The lowest BCUT2D eigenvalue weighted by Gasteiger charge is -1.91. The highest BCUT2D eigenvalue weighted by molar-refractivity contribution is 9.10. The number of halogens is 2. The standard InChI is InChI=1S/C20H8Br2/c21-19-15-9-7-13-17(19)11-5-3-1-2-4-6-12-18-14-8-10-16-20(18)22/h7-10,13-16H. The van der Waals surface area contributed by atoms with Gasteiger partial charge in [-0.2, -0.15) is 0 Å². The second-order valence-corrected chi connectivity index (χ2v) is 5.67. The van der Waals surface area contributed by atoms with Crippen LogP contribution in [0.1, 0.15) is 11.1 Å². The Kier molecular flexibility index (Phi) is 6.42. The van der Waals surface area contributed by atoms with E-state index in [-0.39, 0.29) is 0 Å². The average Bonchev–Trinajstić information content (AvgIpc) is 2.53. The molecule has 102 valence electrons. The molecule has 0 saturated carbocycles. The van der Waals surface area contributed by atoms with Gasteiger partial charge < -0.3 is 0 Å². The summed E-state index contributed by atoms with van der Waals surface area (Å²) in [6.45, 7) is 0. The van der Waals surface area contributed by atoms with Crippen molar-refractivity contribution < 1.29 is 0 Å². The molecular weight excluding hydrogens is 400 g/mol. The van der Waals surface area contributed by atoms with Crippen molar-refractivity contribution in [3.63, 3.8) is 0 Å². The largest absolute Gasteiger partial charge is 0.0611 e. The molecule has 0 radical (unpaired) electrons. The monoisotopic (exact) mass is 406 g/mol. The van der Waals surface area contributed by atoms with Crippen LogP contribution in [-0.2, 0) is 0 Å². The van der Waals surface area contributed by atoms with Gasteiger partial charge in [0, 0.05) is 20.1 Å². The van der Waals surface area contributed by atoms with Crippen LogP contribution >= 0.6 is 31.9 Å². The molecule has 2 rings (SSSR count). The van der Waals surface area contributed by atoms with Crippen LogP contribution in [0.2, 0.25) is 0 Å². The van der Waals surface area contributed by atoms with Gasteiger partial charge in [0.2, 0.25) is 0 Å². The molecule has 0 bridgehead atoms. The molecule has 0 saturated heterocycles. The van der Waals surface area contributed by atoms with Crippen molar-refractivity contribution in [3.8, 4) is 47.4 Å². The molecule has 0 spiro atoms. The second kappa shape index (κ2) is 8.82. The van der Waals surface area contributed by atoms with Crippen molar-refractivity contribution in [1.82, 2.24) is 0 Å². The maximum absolute atomic E-state index is 3.43. The summed E-state index contributed by atoms with van der Waals surface area (Å²) in [5.74, 6) is 22.1. The molecule has 0 aliphatic rings. The lowest BCUT2D eigenvalue weighted by atomic mass is 10.2. The van der Waals surface area contributed by atoms with Crippen LogP contribution in [0.5, 0.6) is 0 Å². The molecule has 0 heterocycles. The predicted molar refractivity (Wildman–Crippen MR) is 97.6 cm³/mol. The van der Waals surface area contributed by atoms with Gasteiger partial charge in [0.15, 0.2) is 0 Å². The summed E-state index contributed by atoms with van der Waals surface area (Å²) in [7, 11) is 0. The number of hydrogen-bond donors (Lipinski definition) is 0. The van der Waals surface area contributed by atoms with Gasteiger partial charge in [-0.1, -0.05) is 36.1 Å². The molecule has 0 unspecified atom stereocenters. The van der Waals surface area contributed by atoms with Gasteiger partial charge in [-0.15, -0.1) is 0 Å². The summed E-state index contributed by atoms with van der Waals surface area (Å²) in [6, 6.07) is 15.5. The van der Waals surface area contributed by atoms with Crippen molar-refractivity contribution in [3.05, 3.63) is 68.6 Å². The van der Waals surface area contributed by atoms with Crippen LogP contribution < -0.4 is 0 Å². The zero-order valence-electron chi connectivity index (χ0n) is 11.4. The lowest BCUT2D eigenvalue weighted by molar-refractivity contribution is 1.59. The van der Waals surface area contributed by atoms with Crippen LogP contribution in [0.3, 0.4) is 0 Å². The van der Waals surface area contributed by atoms with E-state index in [0.29, 0.717) is 0 Å². The van der Waals surface area contributed by atoms with Crippen molar-refractivity contribution >= 4 is 31.9 Å². The molecule has 0 atom stereocenters. The fourth-order valence-corrected chi connectivity index (χ4v) is 2.22. The van der Waals surface area contributed by atoms with Crippen molar-refractivity contribution in [2.24, 2.45) is 0 Å². The van der Waals surface area contributed by atoms with Crippen molar-refractivity contribution in [1.29, 1.82) is 0 Å². The molecule has 0 fully saturated rings. The van der Waals surface area contributed by atoms with E-state index in [1.165, 1.54) is 0 Å². The zero-order chi connectivity index (χ0) is 15.6. The summed E-state index contributed by atoms with van der Waals surface area (Å²) < 4.78 is 1.91. The van der Waals surface area contributed by atoms with E-state index in [0.717, 1.165) is 20.1 Å². The summed E-state index contributed by atoms with van der Waals surface area (Å²) in [5, 5.41) is 0. The summed E-state index contributed by atoms with van der Waals surface area (Å²) >= 11 is 6.85. The predicted octanol–water partition coefficient (Wildman–Crippen LogP) is 4.62. The molecule has 0 N–H and O–H groups in total. The van der Waals surface area contributed by atoms with Gasteiger partial charge in [0.05, 0.1) is 0 Å². The number of benzene rings is 2. The minimum atomic E-state index is 0.901. The average molecular weight is 408 g/mol. The Morgan fingerprint density at radius 2 is 0.864 bits per heavy atom. The van der Waals surface area contributed by atoms with E-state index in [1.807, 2.05) is 48.5 Å². The first kappa shape index (κ1) is 16.0. The van der Waals surface area contributed by atoms with E-state index in [2.05, 4.69) is 79.2 Å². The van der Waals surface area contributed by atoms with Gasteiger partial charge in [0.1, 0.15) is 0 Å². The fraction of sp³-hybridized carbons (Fsp3) is 0. The van der Waals surface area contributed by atoms with E-state index < -0.39 is 0 Å². The van der Waals surface area contributed by atoms with E-state index in [1.54, 1.807) is 0 Å². The Labute approximate surface area is 147 Å². The minimum Gasteiger partial charge on any atom is -0.0611 e. The Morgan fingerprint density at radius 1 is 0.500 bits per heavy atom. The van der Waals surface area contributed by atoms with Gasteiger partial charge in [-0.3, -0.25) is 0 Å². The maximum Gasteiger partial charge on any atom is 0.0397 e. The Morgan fingerprint density at radius 3 is 1.27 bits per heavy atom. The molecule has 0 aliphatic carbocycles. The van der Waals surface area contributed by atoms with Crippen LogP contribution in [-0.4, -0.2) is 0 Å². The molecule has 0 aromatic heterocycles. The van der Waals surface area contributed by atoms with E-state index >= 15 is 0 Å². The highest BCUT2D eigenvalue weighted by atomic mass is 79.9. The Hall–Kier alpha value is -2.36. The lowest BCUT2D eigenvalue weighted by Crippen LogP contribution is -1.74. The third kappa shape index (κ3) is 5.20. The molecule has 22 heavy (non-hydrogen) atoms. The smallest absolute Gasteiger partial charge is 0.0397 e. The first-order chi connectivity index (χ1) is 10.8. The molecule has 2 aromatic carbocycles. The molecule has 2 aromatic rings. The molecular formula is C20H8Br2. The fourth-order valence-electron chi connectivity index (χ4n) is 1.45. The maximum atomic E-state index is 3.43. The van der Waals surface area contributed by atoms with Crippen LogP contribution in [0.4, 0.5) is 0 Å². The SMILES string of the molecule is Brc1ccccc1C#CC#CC#CC#Cc1ccccc1Br. The second-order valence-electron chi connectivity index (χ2n) is 3.96. The van der Waals surface area contributed by atoms with Crippen LogP contribution in [0.25, 0.3) is 0 Å². The molecule has 0 aliphatic heterocycles. The minimum absolute atomic E-state index is 0.901. The Balaban J connectivity index is 2.00. The summed E-state index contributed by atoms with van der Waals surface area (Å²) in [6.07, 6.45) is 0. The van der Waals surface area contributed by atoms with Crippen molar-refractivity contribution in [2.75, 3.05) is 0 Å². The molecule has 0 amide bonds. The normalized spacial score (nSPS) is 7.91. The van der Waals surface area contributed by atoms with Gasteiger partial charge in [-0.25, -0.2) is 0 Å². The van der Waals surface area contributed by atoms with Gasteiger partial charge >= 0.3 is 0 Å². The topological polar surface area (TPSA) is 0 Å². The van der Waals surface area contributed by atoms with E-state index in [4.69, 9.17) is 0 Å². The quantitative estimate of drug-likeness (QED) is 0.559. The number of hydrogen-bond acceptors (Lipinski definition) is 0. The third-order valence-corrected chi connectivity index (χ3v) is 3.84. The first-order valence-electron chi connectivity index (χ1n) is 6.28. The van der Waals surface area contributed by atoms with Crippen molar-refractivity contribution in [2.45, 2.75) is 0 Å². The highest BCUT2D eigenvalue weighted by Crippen LogP contribution is 2.14. The number of rotatable bonds is 0. The van der Waals surface area contributed by atoms with Crippen LogP contribution in [0.15, 0.2) is 57.5 Å². The van der Waals surface area contributed by atoms with Crippen LogP contribution in [0, 0.1) is 47.4 Å². The molecule has 2 heteroatoms. The first-order valence-corrected chi connectivity index (χ1v) is 7.87. The zero-order valence-corrected chi connectivity index (χ0v) is 14.5. The summed E-state index contributed by atoms with van der Waals surface area (Å²) in [4.78, 5) is 0. The van der Waals surface area contributed by atoms with Gasteiger partial charge in [0.25, 0.3) is 0 Å².